The third-order valence-corrected chi connectivity index (χ3v) is 3.49. The minimum absolute atomic E-state index is 0. The summed E-state index contributed by atoms with van der Waals surface area (Å²) in [4.78, 5) is 10.3. The first-order valence-corrected chi connectivity index (χ1v) is 7.99. The van der Waals surface area contributed by atoms with E-state index in [0.29, 0.717) is 6.42 Å². The van der Waals surface area contributed by atoms with Gasteiger partial charge in [-0.25, -0.2) is 0 Å². The topological polar surface area (TPSA) is 37.3 Å². The molecule has 0 aliphatic carbocycles. The first kappa shape index (κ1) is 21.3. The van der Waals surface area contributed by atoms with Gasteiger partial charge in [0.2, 0.25) is 0 Å². The Bertz CT molecular complexity index is 184. The molecule has 1 N–H and O–H groups in total. The summed E-state index contributed by atoms with van der Waals surface area (Å²) in [7, 11) is 0. The average molecular weight is 286 g/mol. The third-order valence-electron chi connectivity index (χ3n) is 3.49. The van der Waals surface area contributed by atoms with Crippen molar-refractivity contribution in [2.24, 2.45) is 0 Å². The van der Waals surface area contributed by atoms with Gasteiger partial charge in [-0.15, -0.1) is 0 Å². The maximum atomic E-state index is 10.3. The Morgan fingerprint density at radius 1 is 0.684 bits per heavy atom. The highest BCUT2D eigenvalue weighted by molar-refractivity contribution is 5.75. The number of rotatable bonds is 14. The van der Waals surface area contributed by atoms with Crippen molar-refractivity contribution in [2.45, 2.75) is 96.8 Å². The van der Waals surface area contributed by atoms with Crippen LogP contribution in [0.3, 0.4) is 0 Å². The van der Waals surface area contributed by atoms with Gasteiger partial charge in [0, 0.05) is 6.42 Å². The lowest BCUT2D eigenvalue weighted by Crippen LogP contribution is -1.93. The summed E-state index contributed by atoms with van der Waals surface area (Å²) in [5, 5.41) is 8.49. The zero-order valence-corrected chi connectivity index (χ0v) is 12.3. The lowest BCUT2D eigenvalue weighted by atomic mass is 10.0. The van der Waals surface area contributed by atoms with E-state index in [0.717, 1.165) is 12.8 Å². The number of carboxylic acids is 1. The van der Waals surface area contributed by atoms with Gasteiger partial charge in [0.1, 0.15) is 0 Å². The highest BCUT2D eigenvalue weighted by Gasteiger charge is 1.96. The molecule has 0 bridgehead atoms. The second kappa shape index (κ2) is 18.0. The molecule has 0 radical (unpaired) electrons. The Kier molecular flexibility index (Phi) is 20.2. The van der Waals surface area contributed by atoms with Gasteiger partial charge >= 0.3 is 5.97 Å². The first-order chi connectivity index (χ1) is 8.77. The Labute approximate surface area is 130 Å². The Morgan fingerprint density at radius 2 is 1.00 bits per heavy atom. The van der Waals surface area contributed by atoms with Crippen LogP contribution in [0.1, 0.15) is 96.8 Å². The monoisotopic (exact) mass is 286 g/mol. The summed E-state index contributed by atoms with van der Waals surface area (Å²) in [5.74, 6) is -0.655. The van der Waals surface area contributed by atoms with Gasteiger partial charge < -0.3 is 5.11 Å². The van der Waals surface area contributed by atoms with E-state index in [9.17, 15) is 4.79 Å². The number of carbonyl (C=O) groups is 1. The molecule has 0 fully saturated rings. The fraction of sp³-hybridized carbons (Fsp3) is 0.938. The van der Waals surface area contributed by atoms with Crippen LogP contribution in [0.15, 0.2) is 0 Å². The van der Waals surface area contributed by atoms with E-state index >= 15 is 0 Å². The summed E-state index contributed by atoms with van der Waals surface area (Å²) in [6, 6.07) is 0. The molecule has 0 amide bonds. The highest BCUT2D eigenvalue weighted by Crippen LogP contribution is 2.12. The van der Waals surface area contributed by atoms with Gasteiger partial charge in [0.15, 0.2) is 17.4 Å². The maximum Gasteiger partial charge on any atom is 0.303 e. The maximum absolute atomic E-state index is 10.3. The van der Waals surface area contributed by atoms with E-state index < -0.39 is 5.97 Å². The van der Waals surface area contributed by atoms with Gasteiger partial charge in [-0.2, -0.15) is 0 Å². The normalized spacial score (nSPS) is 10.2. The van der Waals surface area contributed by atoms with Crippen molar-refractivity contribution < 1.29 is 9.90 Å². The largest absolute Gasteiger partial charge is 0.481 e. The van der Waals surface area contributed by atoms with E-state index in [4.69, 9.17) is 5.11 Å². The minimum Gasteiger partial charge on any atom is -0.481 e. The Morgan fingerprint density at radius 3 is 1.32 bits per heavy atom. The molecule has 0 rings (SSSR count). The number of aliphatic carboxylic acids is 1. The van der Waals surface area contributed by atoms with Crippen molar-refractivity contribution in [1.82, 2.24) is 0 Å². The van der Waals surface area contributed by atoms with Crippen LogP contribution >= 0.6 is 0 Å². The van der Waals surface area contributed by atoms with Crippen LogP contribution in [0.5, 0.6) is 0 Å². The van der Waals surface area contributed by atoms with Crippen molar-refractivity contribution >= 4 is 23.3 Å². The SMILES string of the molecule is CCCCCCCCCCCCCCCC(=O)O.[AlH3]. The minimum atomic E-state index is -0.655. The van der Waals surface area contributed by atoms with Crippen molar-refractivity contribution in [3.63, 3.8) is 0 Å². The summed E-state index contributed by atoms with van der Waals surface area (Å²) in [6.07, 6.45) is 17.3. The van der Waals surface area contributed by atoms with Crippen LogP contribution in [0.4, 0.5) is 0 Å². The molecule has 0 aromatic carbocycles. The molecule has 0 heterocycles. The molecule has 0 saturated heterocycles. The fourth-order valence-electron chi connectivity index (χ4n) is 2.29. The zero-order chi connectivity index (χ0) is 13.5. The Balaban J connectivity index is 0. The summed E-state index contributed by atoms with van der Waals surface area (Å²) in [6.45, 7) is 2.26. The number of unbranched alkanes of at least 4 members (excludes halogenated alkanes) is 12. The van der Waals surface area contributed by atoms with Gasteiger partial charge in [0.25, 0.3) is 0 Å². The summed E-state index contributed by atoms with van der Waals surface area (Å²) in [5.41, 5.74) is 0. The van der Waals surface area contributed by atoms with Gasteiger partial charge in [-0.1, -0.05) is 84.0 Å². The lowest BCUT2D eigenvalue weighted by Gasteiger charge is -2.02. The van der Waals surface area contributed by atoms with E-state index in [1.165, 1.54) is 70.6 Å². The first-order valence-electron chi connectivity index (χ1n) is 7.99. The standard InChI is InChI=1S/C16H32O2.Al.3H/c1-2-3-4-5-6-7-8-9-10-11-12-13-14-15-16(17)18;;;;/h2-15H2,1H3,(H,17,18);;;;. The van der Waals surface area contributed by atoms with E-state index in [2.05, 4.69) is 6.92 Å². The van der Waals surface area contributed by atoms with Crippen LogP contribution in [-0.4, -0.2) is 28.4 Å². The molecule has 0 atom stereocenters. The molecule has 3 heteroatoms. The van der Waals surface area contributed by atoms with Crippen LogP contribution in [0.25, 0.3) is 0 Å². The van der Waals surface area contributed by atoms with Crippen molar-refractivity contribution in [1.29, 1.82) is 0 Å². The molecule has 0 aliphatic rings. The highest BCUT2D eigenvalue weighted by atomic mass is 27.0. The second-order valence-electron chi connectivity index (χ2n) is 5.39. The fourth-order valence-corrected chi connectivity index (χ4v) is 2.29. The van der Waals surface area contributed by atoms with Gasteiger partial charge in [-0.3, -0.25) is 4.79 Å². The third kappa shape index (κ3) is 20.5. The Hall–Kier alpha value is 0.00247. The van der Waals surface area contributed by atoms with E-state index in [1.807, 2.05) is 0 Å². The number of carboxylic acid groups (broad SMARTS) is 1. The van der Waals surface area contributed by atoms with Crippen LogP contribution in [0.2, 0.25) is 0 Å². The van der Waals surface area contributed by atoms with Gasteiger partial charge in [-0.05, 0) is 6.42 Å². The van der Waals surface area contributed by atoms with E-state index in [1.54, 1.807) is 0 Å². The predicted octanol–water partition coefficient (Wildman–Crippen LogP) is 4.37. The molecule has 2 nitrogen and oxygen atoms in total. The molecule has 0 spiro atoms. The molecule has 0 aromatic rings. The van der Waals surface area contributed by atoms with Crippen LogP contribution in [0, 0.1) is 0 Å². The zero-order valence-electron chi connectivity index (χ0n) is 12.3. The molecule has 0 saturated carbocycles. The molecule has 0 aliphatic heterocycles. The van der Waals surface area contributed by atoms with Crippen molar-refractivity contribution in [3.8, 4) is 0 Å². The molecular weight excluding hydrogens is 251 g/mol. The van der Waals surface area contributed by atoms with E-state index in [-0.39, 0.29) is 17.4 Å². The summed E-state index contributed by atoms with van der Waals surface area (Å²) < 4.78 is 0. The van der Waals surface area contributed by atoms with Crippen molar-refractivity contribution in [3.05, 3.63) is 0 Å². The number of hydrogen-bond acceptors (Lipinski definition) is 1. The molecular formula is C16H35AlO2. The lowest BCUT2D eigenvalue weighted by molar-refractivity contribution is -0.137. The number of hydrogen-bond donors (Lipinski definition) is 1. The van der Waals surface area contributed by atoms with Gasteiger partial charge in [0.05, 0.1) is 0 Å². The smallest absolute Gasteiger partial charge is 0.303 e. The van der Waals surface area contributed by atoms with Crippen molar-refractivity contribution in [2.75, 3.05) is 0 Å². The van der Waals surface area contributed by atoms with Crippen LogP contribution in [-0.2, 0) is 4.79 Å². The second-order valence-corrected chi connectivity index (χ2v) is 5.39. The quantitative estimate of drug-likeness (QED) is 0.380. The van der Waals surface area contributed by atoms with Crippen LogP contribution < -0.4 is 0 Å². The molecule has 0 unspecified atom stereocenters. The average Bonchev–Trinajstić information content (AvgIpc) is 2.34. The molecule has 19 heavy (non-hydrogen) atoms. The summed E-state index contributed by atoms with van der Waals surface area (Å²) >= 11 is 0. The predicted molar refractivity (Wildman–Crippen MR) is 87.9 cm³/mol. The molecule has 114 valence electrons. The molecule has 0 aromatic heterocycles.